The van der Waals surface area contributed by atoms with E-state index < -0.39 is 4.92 Å². The number of rotatable bonds is 3. The molecule has 2 aromatic carbocycles. The number of amides is 1. The molecule has 1 aliphatic heterocycles. The molecule has 1 aliphatic rings. The van der Waals surface area contributed by atoms with Crippen molar-refractivity contribution in [2.75, 3.05) is 5.32 Å². The Morgan fingerprint density at radius 1 is 1.10 bits per heavy atom. The van der Waals surface area contributed by atoms with E-state index in [1.807, 2.05) is 0 Å². The van der Waals surface area contributed by atoms with Crippen LogP contribution in [-0.2, 0) is 11.2 Å². The molecule has 6 heteroatoms. The Bertz CT molecular complexity index is 766. The maximum Gasteiger partial charge on any atom is 0.269 e. The van der Waals surface area contributed by atoms with Gasteiger partial charge in [-0.3, -0.25) is 19.7 Å². The van der Waals surface area contributed by atoms with E-state index in [1.165, 1.54) is 24.3 Å². The molecule has 104 valence electrons. The van der Waals surface area contributed by atoms with Gasteiger partial charge in [0.05, 0.1) is 11.3 Å². The average molecular weight is 282 g/mol. The molecule has 0 atom stereocenters. The molecule has 1 heterocycles. The first-order valence-corrected chi connectivity index (χ1v) is 6.26. The number of ketones is 1. The van der Waals surface area contributed by atoms with Crippen LogP contribution in [0, 0.1) is 10.1 Å². The van der Waals surface area contributed by atoms with Gasteiger partial charge in [0, 0.05) is 28.9 Å². The van der Waals surface area contributed by atoms with Crippen LogP contribution in [0.4, 0.5) is 11.4 Å². The summed E-state index contributed by atoms with van der Waals surface area (Å²) in [4.78, 5) is 33.7. The zero-order valence-corrected chi connectivity index (χ0v) is 10.8. The topological polar surface area (TPSA) is 89.3 Å². The monoisotopic (exact) mass is 282 g/mol. The zero-order valence-electron chi connectivity index (χ0n) is 10.8. The molecule has 0 aromatic heterocycles. The van der Waals surface area contributed by atoms with Crippen molar-refractivity contribution in [3.63, 3.8) is 0 Å². The Hall–Kier alpha value is -3.02. The number of nitro groups is 1. The fourth-order valence-electron chi connectivity index (χ4n) is 2.27. The SMILES string of the molecule is O=C1Cc2cc(C(=O)c3ccc([N+](=O)[O-])cc3)ccc2N1. The van der Waals surface area contributed by atoms with Gasteiger partial charge in [-0.1, -0.05) is 0 Å². The number of hydrogen-bond donors (Lipinski definition) is 1. The molecule has 0 radical (unpaired) electrons. The fraction of sp³-hybridized carbons (Fsp3) is 0.0667. The molecule has 0 bridgehead atoms. The third-order valence-corrected chi connectivity index (χ3v) is 3.33. The lowest BCUT2D eigenvalue weighted by atomic mass is 10.00. The van der Waals surface area contributed by atoms with Gasteiger partial charge in [-0.2, -0.15) is 0 Å². The Balaban J connectivity index is 1.90. The quantitative estimate of drug-likeness (QED) is 0.531. The first-order valence-electron chi connectivity index (χ1n) is 6.26. The molecule has 0 saturated heterocycles. The normalized spacial score (nSPS) is 12.7. The minimum absolute atomic E-state index is 0.0599. The van der Waals surface area contributed by atoms with Crippen LogP contribution in [0.2, 0.25) is 0 Å². The van der Waals surface area contributed by atoms with Crippen molar-refractivity contribution in [3.05, 3.63) is 69.3 Å². The Morgan fingerprint density at radius 3 is 2.43 bits per heavy atom. The van der Waals surface area contributed by atoms with Crippen molar-refractivity contribution in [1.82, 2.24) is 0 Å². The predicted molar refractivity (Wildman–Crippen MR) is 75.3 cm³/mol. The minimum Gasteiger partial charge on any atom is -0.326 e. The summed E-state index contributed by atoms with van der Waals surface area (Å²) in [5.74, 6) is -0.322. The number of carbonyl (C=O) groups excluding carboxylic acids is 2. The molecule has 0 spiro atoms. The van der Waals surface area contributed by atoms with E-state index in [0.717, 1.165) is 11.3 Å². The van der Waals surface area contributed by atoms with E-state index >= 15 is 0 Å². The molecule has 3 rings (SSSR count). The van der Waals surface area contributed by atoms with Crippen LogP contribution in [-0.4, -0.2) is 16.6 Å². The summed E-state index contributed by atoms with van der Waals surface area (Å²) in [5, 5.41) is 13.3. The van der Waals surface area contributed by atoms with Gasteiger partial charge >= 0.3 is 0 Å². The first-order chi connectivity index (χ1) is 10.0. The van der Waals surface area contributed by atoms with Gasteiger partial charge < -0.3 is 5.32 Å². The predicted octanol–water partition coefficient (Wildman–Crippen LogP) is 2.32. The summed E-state index contributed by atoms with van der Waals surface area (Å²) in [7, 11) is 0. The number of nitrogens with zero attached hydrogens (tertiary/aromatic N) is 1. The van der Waals surface area contributed by atoms with Gasteiger partial charge in [0.25, 0.3) is 5.69 Å². The third kappa shape index (κ3) is 2.38. The van der Waals surface area contributed by atoms with Crippen molar-refractivity contribution in [1.29, 1.82) is 0 Å². The number of non-ortho nitro benzene ring substituents is 1. The maximum absolute atomic E-state index is 12.3. The summed E-state index contributed by atoms with van der Waals surface area (Å²) >= 11 is 0. The standard InChI is InChI=1S/C15H10N2O4/c18-14-8-11-7-10(3-6-13(11)16-14)15(19)9-1-4-12(5-2-9)17(20)21/h1-7H,8H2,(H,16,18). The van der Waals surface area contributed by atoms with Gasteiger partial charge in [-0.25, -0.2) is 0 Å². The van der Waals surface area contributed by atoms with Crippen LogP contribution in [0.15, 0.2) is 42.5 Å². The highest BCUT2D eigenvalue weighted by atomic mass is 16.6. The molecule has 1 amide bonds. The first kappa shape index (κ1) is 13.0. The van der Waals surface area contributed by atoms with Crippen LogP contribution in [0.3, 0.4) is 0 Å². The third-order valence-electron chi connectivity index (χ3n) is 3.33. The van der Waals surface area contributed by atoms with Crippen LogP contribution in [0.5, 0.6) is 0 Å². The van der Waals surface area contributed by atoms with Crippen molar-refractivity contribution in [3.8, 4) is 0 Å². The number of nitrogens with one attached hydrogen (secondary N) is 1. The largest absolute Gasteiger partial charge is 0.326 e. The molecule has 1 N–H and O–H groups in total. The zero-order chi connectivity index (χ0) is 15.0. The summed E-state index contributed by atoms with van der Waals surface area (Å²) in [5.41, 5.74) is 2.28. The summed E-state index contributed by atoms with van der Waals surface area (Å²) in [6.45, 7) is 0. The molecule has 0 unspecified atom stereocenters. The lowest BCUT2D eigenvalue weighted by Crippen LogP contribution is -2.03. The second-order valence-electron chi connectivity index (χ2n) is 4.73. The highest BCUT2D eigenvalue weighted by molar-refractivity contribution is 6.10. The van der Waals surface area contributed by atoms with E-state index in [4.69, 9.17) is 0 Å². The van der Waals surface area contributed by atoms with Gasteiger partial charge in [0.1, 0.15) is 0 Å². The number of nitro benzene ring substituents is 1. The highest BCUT2D eigenvalue weighted by Gasteiger charge is 2.19. The second kappa shape index (κ2) is 4.82. The maximum atomic E-state index is 12.3. The minimum atomic E-state index is -0.513. The van der Waals surface area contributed by atoms with E-state index in [9.17, 15) is 19.7 Å². The number of anilines is 1. The summed E-state index contributed by atoms with van der Waals surface area (Å²) in [6, 6.07) is 10.5. The Labute approximate surface area is 119 Å². The van der Waals surface area contributed by atoms with Crippen molar-refractivity contribution >= 4 is 23.1 Å². The summed E-state index contributed by atoms with van der Waals surface area (Å²) < 4.78 is 0. The molecular weight excluding hydrogens is 272 g/mol. The summed E-state index contributed by atoms with van der Waals surface area (Å²) in [6.07, 6.45) is 0.261. The van der Waals surface area contributed by atoms with E-state index in [2.05, 4.69) is 5.32 Å². The Kier molecular flexibility index (Phi) is 2.98. The van der Waals surface area contributed by atoms with Crippen LogP contribution < -0.4 is 5.32 Å². The van der Waals surface area contributed by atoms with Crippen LogP contribution in [0.25, 0.3) is 0 Å². The number of hydrogen-bond acceptors (Lipinski definition) is 4. The fourth-order valence-corrected chi connectivity index (χ4v) is 2.27. The van der Waals surface area contributed by atoms with Crippen LogP contribution in [0.1, 0.15) is 21.5 Å². The molecule has 2 aromatic rings. The van der Waals surface area contributed by atoms with Crippen LogP contribution >= 0.6 is 0 Å². The van der Waals surface area contributed by atoms with Gasteiger partial charge in [0.15, 0.2) is 5.78 Å². The lowest BCUT2D eigenvalue weighted by molar-refractivity contribution is -0.384. The average Bonchev–Trinajstić information content (AvgIpc) is 2.85. The van der Waals surface area contributed by atoms with Crippen molar-refractivity contribution < 1.29 is 14.5 Å². The molecule has 6 nitrogen and oxygen atoms in total. The van der Waals surface area contributed by atoms with E-state index in [-0.39, 0.29) is 23.8 Å². The second-order valence-corrected chi connectivity index (χ2v) is 4.73. The molecule has 21 heavy (non-hydrogen) atoms. The highest BCUT2D eigenvalue weighted by Crippen LogP contribution is 2.25. The smallest absolute Gasteiger partial charge is 0.269 e. The Morgan fingerprint density at radius 2 is 1.76 bits per heavy atom. The molecule has 0 saturated carbocycles. The molecule has 0 aliphatic carbocycles. The van der Waals surface area contributed by atoms with Crippen molar-refractivity contribution in [2.45, 2.75) is 6.42 Å². The number of benzene rings is 2. The van der Waals surface area contributed by atoms with Crippen molar-refractivity contribution in [2.24, 2.45) is 0 Å². The van der Waals surface area contributed by atoms with Gasteiger partial charge in [-0.15, -0.1) is 0 Å². The number of carbonyl (C=O) groups is 2. The lowest BCUT2D eigenvalue weighted by Gasteiger charge is -2.04. The molecule has 0 fully saturated rings. The van der Waals surface area contributed by atoms with Gasteiger partial charge in [-0.05, 0) is 35.9 Å². The van der Waals surface area contributed by atoms with E-state index in [0.29, 0.717) is 11.1 Å². The van der Waals surface area contributed by atoms with E-state index in [1.54, 1.807) is 18.2 Å². The molecular formula is C15H10N2O4. The van der Waals surface area contributed by atoms with Gasteiger partial charge in [0.2, 0.25) is 5.91 Å². The number of fused-ring (bicyclic) bond motifs is 1.